The fourth-order valence-electron chi connectivity index (χ4n) is 5.28. The Hall–Kier alpha value is -4.15. The molecule has 0 bridgehead atoms. The summed E-state index contributed by atoms with van der Waals surface area (Å²) in [7, 11) is -0.579. The number of carboxylic acids is 1. The van der Waals surface area contributed by atoms with E-state index in [-0.39, 0.29) is 31.3 Å². The summed E-state index contributed by atoms with van der Waals surface area (Å²) in [5, 5.41) is 14.9. The Balaban J connectivity index is 1.14. The molecule has 3 N–H and O–H groups in total. The van der Waals surface area contributed by atoms with Crippen molar-refractivity contribution in [2.75, 3.05) is 11.9 Å². The van der Waals surface area contributed by atoms with Gasteiger partial charge in [0.25, 0.3) is 0 Å². The minimum atomic E-state index is -1.29. The van der Waals surface area contributed by atoms with E-state index in [9.17, 15) is 19.5 Å². The zero-order chi connectivity index (χ0) is 30.1. The third-order valence-electron chi connectivity index (χ3n) is 8.29. The molecule has 1 aliphatic heterocycles. The Kier molecular flexibility index (Phi) is 8.12. The predicted molar refractivity (Wildman–Crippen MR) is 160 cm³/mol. The van der Waals surface area contributed by atoms with E-state index in [1.807, 2.05) is 82.3 Å². The summed E-state index contributed by atoms with van der Waals surface area (Å²) in [6.07, 6.45) is -1.08. The van der Waals surface area contributed by atoms with Gasteiger partial charge >= 0.3 is 19.2 Å². The average Bonchev–Trinajstić information content (AvgIpc) is 3.38. The molecule has 5 rings (SSSR count). The number of alkyl carbamates (subject to hydrolysis) is 1. The normalized spacial score (nSPS) is 17.2. The van der Waals surface area contributed by atoms with Gasteiger partial charge in [0.2, 0.25) is 5.91 Å². The van der Waals surface area contributed by atoms with E-state index in [4.69, 9.17) is 14.0 Å². The lowest BCUT2D eigenvalue weighted by atomic mass is 9.79. The Labute approximate surface area is 245 Å². The van der Waals surface area contributed by atoms with Crippen molar-refractivity contribution in [3.8, 4) is 11.1 Å². The summed E-state index contributed by atoms with van der Waals surface area (Å²) in [6, 6.07) is 21.8. The Bertz CT molecular complexity index is 1440. The first-order valence-electron chi connectivity index (χ1n) is 14.0. The summed E-state index contributed by atoms with van der Waals surface area (Å²) in [5.74, 6) is -1.79. The van der Waals surface area contributed by atoms with Crippen LogP contribution in [0.4, 0.5) is 10.5 Å². The number of anilines is 1. The lowest BCUT2D eigenvalue weighted by Crippen LogP contribution is -2.42. The number of nitrogens with one attached hydrogen (secondary N) is 2. The summed E-state index contributed by atoms with van der Waals surface area (Å²) in [5.41, 5.74) is 4.60. The number of aliphatic carboxylic acids is 1. The van der Waals surface area contributed by atoms with Gasteiger partial charge in [0.1, 0.15) is 12.6 Å². The molecule has 2 aliphatic rings. The number of rotatable bonds is 9. The van der Waals surface area contributed by atoms with Crippen LogP contribution in [0.5, 0.6) is 0 Å². The number of benzene rings is 3. The molecule has 218 valence electrons. The van der Waals surface area contributed by atoms with Crippen LogP contribution in [0.2, 0.25) is 0 Å². The van der Waals surface area contributed by atoms with Gasteiger partial charge < -0.3 is 29.8 Å². The second-order valence-electron chi connectivity index (χ2n) is 11.7. The van der Waals surface area contributed by atoms with Gasteiger partial charge in [0, 0.05) is 18.0 Å². The molecule has 9 nitrogen and oxygen atoms in total. The summed E-state index contributed by atoms with van der Waals surface area (Å²) in [6.45, 7) is 7.93. The van der Waals surface area contributed by atoms with E-state index < -0.39 is 36.4 Å². The Morgan fingerprint density at radius 3 is 2.10 bits per heavy atom. The maximum absolute atomic E-state index is 12.7. The number of fused-ring (bicyclic) bond motifs is 3. The van der Waals surface area contributed by atoms with E-state index in [2.05, 4.69) is 10.6 Å². The second kappa shape index (κ2) is 11.6. The number of amides is 2. The molecule has 0 saturated carbocycles. The van der Waals surface area contributed by atoms with E-state index >= 15 is 0 Å². The highest BCUT2D eigenvalue weighted by Gasteiger charge is 2.51. The van der Waals surface area contributed by atoms with E-state index in [0.717, 1.165) is 27.7 Å². The minimum absolute atomic E-state index is 0.0613. The third kappa shape index (κ3) is 6.05. The molecular weight excluding hydrogens is 535 g/mol. The summed E-state index contributed by atoms with van der Waals surface area (Å²) >= 11 is 0. The molecule has 0 spiro atoms. The van der Waals surface area contributed by atoms with Crippen LogP contribution in [0.3, 0.4) is 0 Å². The molecule has 3 aromatic rings. The van der Waals surface area contributed by atoms with Crippen LogP contribution >= 0.6 is 0 Å². The van der Waals surface area contributed by atoms with Crippen molar-refractivity contribution < 1.29 is 33.5 Å². The fourth-order valence-corrected chi connectivity index (χ4v) is 5.28. The molecule has 0 aromatic heterocycles. The van der Waals surface area contributed by atoms with Crippen molar-refractivity contribution >= 4 is 36.2 Å². The maximum Gasteiger partial charge on any atom is 0.494 e. The number of carbonyl (C=O) groups excluding carboxylic acids is 2. The SMILES string of the molecule is CC1(C)OB(c2cccc(NC(=O)CC[C@H](NC(=O)OCC3c4ccccc4-c4ccccc43)C(=O)O)c2)OC1(C)C. The van der Waals surface area contributed by atoms with Crippen LogP contribution in [0.25, 0.3) is 11.1 Å². The standard InChI is InChI=1S/C32H35BN2O7/c1-31(2)32(3,4)42-33(41-31)20-10-9-11-21(18-20)34-28(36)17-16-27(29(37)38)35-30(39)40-19-26-24-14-7-5-12-22(24)23-13-6-8-15-25(23)26/h5-15,18,26-27H,16-17,19H2,1-4H3,(H,34,36)(H,35,39)(H,37,38)/t27-/m0/s1. The van der Waals surface area contributed by atoms with Crippen molar-refractivity contribution in [1.29, 1.82) is 0 Å². The van der Waals surface area contributed by atoms with Crippen LogP contribution in [-0.2, 0) is 23.6 Å². The molecule has 1 fully saturated rings. The molecule has 1 atom stereocenters. The van der Waals surface area contributed by atoms with Gasteiger partial charge in [-0.2, -0.15) is 0 Å². The highest BCUT2D eigenvalue weighted by Crippen LogP contribution is 2.44. The van der Waals surface area contributed by atoms with Gasteiger partial charge in [0.05, 0.1) is 11.2 Å². The zero-order valence-corrected chi connectivity index (χ0v) is 24.2. The van der Waals surface area contributed by atoms with E-state index in [1.54, 1.807) is 18.2 Å². The molecule has 1 heterocycles. The molecule has 0 unspecified atom stereocenters. The molecule has 2 amide bonds. The van der Waals surface area contributed by atoms with Gasteiger partial charge in [-0.1, -0.05) is 60.7 Å². The number of carboxylic acid groups (broad SMARTS) is 1. The predicted octanol–water partition coefficient (Wildman–Crippen LogP) is 4.70. The van der Waals surface area contributed by atoms with Gasteiger partial charge in [-0.3, -0.25) is 4.79 Å². The topological polar surface area (TPSA) is 123 Å². The highest BCUT2D eigenvalue weighted by atomic mass is 16.7. The lowest BCUT2D eigenvalue weighted by Gasteiger charge is -2.32. The minimum Gasteiger partial charge on any atom is -0.480 e. The number of hydrogen-bond donors (Lipinski definition) is 3. The first-order chi connectivity index (χ1) is 19.9. The summed E-state index contributed by atoms with van der Waals surface area (Å²) < 4.78 is 17.7. The number of hydrogen-bond acceptors (Lipinski definition) is 6. The smallest absolute Gasteiger partial charge is 0.480 e. The zero-order valence-electron chi connectivity index (χ0n) is 24.2. The summed E-state index contributed by atoms with van der Waals surface area (Å²) in [4.78, 5) is 37.2. The molecule has 42 heavy (non-hydrogen) atoms. The van der Waals surface area contributed by atoms with Crippen molar-refractivity contribution in [1.82, 2.24) is 5.32 Å². The number of ether oxygens (including phenoxy) is 1. The van der Waals surface area contributed by atoms with Gasteiger partial charge in [-0.25, -0.2) is 9.59 Å². The van der Waals surface area contributed by atoms with Crippen molar-refractivity contribution in [3.05, 3.63) is 83.9 Å². The third-order valence-corrected chi connectivity index (χ3v) is 8.29. The van der Waals surface area contributed by atoms with Gasteiger partial charge in [0.15, 0.2) is 0 Å². The van der Waals surface area contributed by atoms with Crippen LogP contribution < -0.4 is 16.1 Å². The van der Waals surface area contributed by atoms with Gasteiger partial charge in [-0.15, -0.1) is 0 Å². The highest BCUT2D eigenvalue weighted by molar-refractivity contribution is 6.62. The Morgan fingerprint density at radius 1 is 0.905 bits per heavy atom. The first-order valence-corrected chi connectivity index (χ1v) is 14.0. The molecule has 0 radical (unpaired) electrons. The van der Waals surface area contributed by atoms with Crippen molar-refractivity contribution in [2.45, 2.75) is 63.7 Å². The van der Waals surface area contributed by atoms with Crippen molar-refractivity contribution in [3.63, 3.8) is 0 Å². The van der Waals surface area contributed by atoms with Gasteiger partial charge in [-0.05, 0) is 74.0 Å². The largest absolute Gasteiger partial charge is 0.494 e. The van der Waals surface area contributed by atoms with Crippen LogP contribution in [0.1, 0.15) is 57.6 Å². The van der Waals surface area contributed by atoms with Crippen LogP contribution in [0, 0.1) is 0 Å². The fraction of sp³-hybridized carbons (Fsp3) is 0.344. The molecular formula is C32H35BN2O7. The second-order valence-corrected chi connectivity index (χ2v) is 11.7. The van der Waals surface area contributed by atoms with E-state index in [1.165, 1.54) is 0 Å². The molecule has 1 aliphatic carbocycles. The quantitative estimate of drug-likeness (QED) is 0.319. The maximum atomic E-state index is 12.7. The first kappa shape index (κ1) is 29.4. The molecule has 10 heteroatoms. The average molecular weight is 570 g/mol. The molecule has 1 saturated heterocycles. The number of carbonyl (C=O) groups is 3. The van der Waals surface area contributed by atoms with E-state index in [0.29, 0.717) is 5.69 Å². The molecule has 3 aromatic carbocycles. The lowest BCUT2D eigenvalue weighted by molar-refractivity contribution is -0.139. The Morgan fingerprint density at radius 2 is 1.50 bits per heavy atom. The monoisotopic (exact) mass is 570 g/mol. The van der Waals surface area contributed by atoms with Crippen molar-refractivity contribution in [2.24, 2.45) is 0 Å². The van der Waals surface area contributed by atoms with Crippen LogP contribution in [-0.4, -0.2) is 54.0 Å². The van der Waals surface area contributed by atoms with Crippen LogP contribution in [0.15, 0.2) is 72.8 Å².